The van der Waals surface area contributed by atoms with E-state index in [4.69, 9.17) is 16.1 Å². The first kappa shape index (κ1) is 35.1. The number of nitrogens with zero attached hydrogens (tertiary/aromatic N) is 5. The molecule has 0 spiro atoms. The van der Waals surface area contributed by atoms with E-state index in [1.54, 1.807) is 41.7 Å². The van der Waals surface area contributed by atoms with E-state index in [2.05, 4.69) is 56.8 Å². The highest BCUT2D eigenvalue weighted by Crippen LogP contribution is 2.28. The molecule has 0 saturated heterocycles. The summed E-state index contributed by atoms with van der Waals surface area (Å²) in [6, 6.07) is 15.8. The Morgan fingerprint density at radius 3 is 1.96 bits per heavy atom. The molecule has 0 aliphatic carbocycles. The van der Waals surface area contributed by atoms with E-state index in [1.165, 1.54) is 11.3 Å². The maximum atomic E-state index is 12.6. The zero-order chi connectivity index (χ0) is 35.6. The Kier molecular flexibility index (Phi) is 11.6. The standard InChI is InChI=1S/C32H30ClN11O5S2/c33-26-7-1-5-19(38-26)29(45)34-10-3-11-35-31(47)23-17-21(41-43-23)25-9-8-18(51-25)15-27-39-28(44-49-27)32(48)37-13-4-12-36-30(46)22-16-20(40-42-22)24-6-2-14-50-24/h1-2,5-9,14,16-17H,3-4,10-13,15H2,(H,34,45)(H,35,47)(H,36,46)(H,37,48)(H,40,42)(H,41,43). The van der Waals surface area contributed by atoms with Crippen LogP contribution in [0.15, 0.2) is 64.5 Å². The molecule has 0 atom stereocenters. The lowest BCUT2D eigenvalue weighted by Gasteiger charge is -2.05. The van der Waals surface area contributed by atoms with Crippen LogP contribution in [-0.2, 0) is 6.42 Å². The number of thiophene rings is 2. The van der Waals surface area contributed by atoms with Gasteiger partial charge >= 0.3 is 0 Å². The Morgan fingerprint density at radius 2 is 1.33 bits per heavy atom. The van der Waals surface area contributed by atoms with E-state index in [0.29, 0.717) is 51.1 Å². The molecule has 0 aliphatic heterocycles. The van der Waals surface area contributed by atoms with Crippen LogP contribution in [0.1, 0.15) is 65.7 Å². The molecular weight excluding hydrogens is 718 g/mol. The molecular formula is C32H30ClN11O5S2. The number of amides is 4. The number of carbonyl (C=O) groups is 4. The lowest BCUT2D eigenvalue weighted by Crippen LogP contribution is -2.30. The molecule has 4 amide bonds. The largest absolute Gasteiger partial charge is 0.351 e. The predicted molar refractivity (Wildman–Crippen MR) is 189 cm³/mol. The van der Waals surface area contributed by atoms with Gasteiger partial charge in [0.25, 0.3) is 29.5 Å². The number of halogens is 1. The SMILES string of the molecule is O=C(NCCCNC(=O)c1noc(Cc2ccc(-c3cc(C(=O)NCCCNC(=O)c4cccc(Cl)n4)n[nH]3)s2)n1)c1cc(-c2cccs2)[nH]n1. The molecule has 19 heteroatoms. The Balaban J connectivity index is 0.884. The summed E-state index contributed by atoms with van der Waals surface area (Å²) in [6.45, 7) is 1.31. The number of aromatic amines is 2. The molecule has 16 nitrogen and oxygen atoms in total. The van der Waals surface area contributed by atoms with Gasteiger partial charge in [-0.15, -0.1) is 22.7 Å². The highest BCUT2D eigenvalue weighted by Gasteiger charge is 2.17. The summed E-state index contributed by atoms with van der Waals surface area (Å²) in [6.07, 6.45) is 1.31. The lowest BCUT2D eigenvalue weighted by atomic mass is 10.3. The molecule has 51 heavy (non-hydrogen) atoms. The van der Waals surface area contributed by atoms with Crippen LogP contribution >= 0.6 is 34.3 Å². The monoisotopic (exact) mass is 747 g/mol. The average molecular weight is 748 g/mol. The van der Waals surface area contributed by atoms with E-state index in [1.807, 2.05) is 29.6 Å². The number of rotatable bonds is 16. The van der Waals surface area contributed by atoms with Gasteiger partial charge in [0.05, 0.1) is 27.6 Å². The summed E-state index contributed by atoms with van der Waals surface area (Å²) in [4.78, 5) is 60.5. The lowest BCUT2D eigenvalue weighted by molar-refractivity contribution is 0.0927. The molecule has 0 aliphatic rings. The van der Waals surface area contributed by atoms with Crippen molar-refractivity contribution in [3.63, 3.8) is 0 Å². The smallest absolute Gasteiger partial charge is 0.292 e. The minimum atomic E-state index is -0.487. The molecule has 0 saturated carbocycles. The van der Waals surface area contributed by atoms with E-state index < -0.39 is 5.91 Å². The zero-order valence-electron chi connectivity index (χ0n) is 26.7. The van der Waals surface area contributed by atoms with Gasteiger partial charge in [-0.05, 0) is 60.7 Å². The van der Waals surface area contributed by atoms with Crippen LogP contribution in [0.25, 0.3) is 21.1 Å². The van der Waals surface area contributed by atoms with Gasteiger partial charge in [0.1, 0.15) is 10.8 Å². The normalized spacial score (nSPS) is 10.9. The first-order valence-electron chi connectivity index (χ1n) is 15.6. The Morgan fingerprint density at radius 1 is 0.706 bits per heavy atom. The predicted octanol–water partition coefficient (Wildman–Crippen LogP) is 3.71. The van der Waals surface area contributed by atoms with Crippen LogP contribution in [0.4, 0.5) is 0 Å². The van der Waals surface area contributed by atoms with E-state index in [9.17, 15) is 19.2 Å². The maximum absolute atomic E-state index is 12.6. The maximum Gasteiger partial charge on any atom is 0.292 e. The molecule has 0 unspecified atom stereocenters. The second-order valence-electron chi connectivity index (χ2n) is 10.8. The zero-order valence-corrected chi connectivity index (χ0v) is 29.1. The Hall–Kier alpha value is -5.72. The molecule has 0 aromatic carbocycles. The summed E-state index contributed by atoms with van der Waals surface area (Å²) < 4.78 is 5.29. The van der Waals surface area contributed by atoms with Crippen molar-refractivity contribution in [2.75, 3.05) is 26.2 Å². The highest BCUT2D eigenvalue weighted by atomic mass is 35.5. The summed E-state index contributed by atoms with van der Waals surface area (Å²) >= 11 is 8.81. The number of aromatic nitrogens is 7. The fraction of sp³-hybridized carbons (Fsp3) is 0.219. The van der Waals surface area contributed by atoms with Crippen LogP contribution in [0.2, 0.25) is 5.15 Å². The van der Waals surface area contributed by atoms with E-state index in [-0.39, 0.29) is 51.7 Å². The first-order valence-corrected chi connectivity index (χ1v) is 17.7. The minimum Gasteiger partial charge on any atom is -0.351 e. The van der Waals surface area contributed by atoms with Crippen molar-refractivity contribution in [1.82, 2.24) is 56.8 Å². The van der Waals surface area contributed by atoms with Crippen LogP contribution in [0.3, 0.4) is 0 Å². The van der Waals surface area contributed by atoms with Crippen LogP contribution in [0.5, 0.6) is 0 Å². The third kappa shape index (κ3) is 9.50. The molecule has 6 N–H and O–H groups in total. The number of hydrogen-bond donors (Lipinski definition) is 6. The van der Waals surface area contributed by atoms with Gasteiger partial charge in [-0.1, -0.05) is 28.9 Å². The number of carbonyl (C=O) groups excluding carboxylic acids is 4. The van der Waals surface area contributed by atoms with Crippen molar-refractivity contribution in [2.45, 2.75) is 19.3 Å². The number of H-pyrrole nitrogens is 2. The number of pyridine rings is 1. The Bertz CT molecular complexity index is 2120. The van der Waals surface area contributed by atoms with E-state index in [0.717, 1.165) is 20.3 Å². The molecule has 6 rings (SSSR count). The van der Waals surface area contributed by atoms with E-state index >= 15 is 0 Å². The van der Waals surface area contributed by atoms with Crippen molar-refractivity contribution in [2.24, 2.45) is 0 Å². The van der Waals surface area contributed by atoms with Gasteiger partial charge < -0.3 is 25.8 Å². The quantitative estimate of drug-likeness (QED) is 0.0622. The van der Waals surface area contributed by atoms with Gasteiger partial charge in [0.15, 0.2) is 11.4 Å². The fourth-order valence-corrected chi connectivity index (χ4v) is 6.44. The summed E-state index contributed by atoms with van der Waals surface area (Å²) in [7, 11) is 0. The Labute approximate surface area is 302 Å². The topological polar surface area (TPSA) is 226 Å². The van der Waals surface area contributed by atoms with Gasteiger partial charge in [-0.2, -0.15) is 15.2 Å². The molecule has 6 aromatic rings. The van der Waals surface area contributed by atoms with Gasteiger partial charge in [-0.3, -0.25) is 29.4 Å². The van der Waals surface area contributed by atoms with Crippen molar-refractivity contribution in [3.05, 3.63) is 98.8 Å². The molecule has 0 radical (unpaired) electrons. The molecule has 6 aromatic heterocycles. The molecule has 0 bridgehead atoms. The van der Waals surface area contributed by atoms with Crippen LogP contribution in [-0.4, -0.2) is 85.3 Å². The van der Waals surface area contributed by atoms with Crippen molar-refractivity contribution >= 4 is 57.9 Å². The third-order valence-electron chi connectivity index (χ3n) is 7.13. The summed E-state index contributed by atoms with van der Waals surface area (Å²) in [5.74, 6) is -1.31. The van der Waals surface area contributed by atoms with Crippen LogP contribution in [0, 0.1) is 0 Å². The molecule has 6 heterocycles. The van der Waals surface area contributed by atoms with Crippen molar-refractivity contribution in [1.29, 1.82) is 0 Å². The summed E-state index contributed by atoms with van der Waals surface area (Å²) in [5.41, 5.74) is 2.17. The van der Waals surface area contributed by atoms with Crippen molar-refractivity contribution < 1.29 is 23.7 Å². The number of hydrogen-bond acceptors (Lipinski definition) is 12. The minimum absolute atomic E-state index is 0.0897. The van der Waals surface area contributed by atoms with Gasteiger partial charge in [-0.25, -0.2) is 4.98 Å². The molecule has 0 fully saturated rings. The van der Waals surface area contributed by atoms with Gasteiger partial charge in [0.2, 0.25) is 5.89 Å². The summed E-state index contributed by atoms with van der Waals surface area (Å²) in [5, 5.41) is 30.9. The van der Waals surface area contributed by atoms with Gasteiger partial charge in [0, 0.05) is 31.1 Å². The second kappa shape index (κ2) is 16.8. The molecule has 262 valence electrons. The average Bonchev–Trinajstić information content (AvgIpc) is 3.98. The fourth-order valence-electron chi connectivity index (χ4n) is 4.62. The first-order chi connectivity index (χ1) is 24.8. The third-order valence-corrected chi connectivity index (χ3v) is 9.36. The highest BCUT2D eigenvalue weighted by molar-refractivity contribution is 7.15. The second-order valence-corrected chi connectivity index (χ2v) is 13.3. The van der Waals surface area contributed by atoms with Crippen LogP contribution < -0.4 is 21.3 Å². The van der Waals surface area contributed by atoms with Crippen molar-refractivity contribution in [3.8, 4) is 21.1 Å². The number of nitrogens with one attached hydrogen (secondary N) is 6.